The van der Waals surface area contributed by atoms with Crippen molar-refractivity contribution in [3.8, 4) is 0 Å². The van der Waals surface area contributed by atoms with Crippen LogP contribution in [-0.2, 0) is 4.79 Å². The van der Waals surface area contributed by atoms with Gasteiger partial charge in [-0.3, -0.25) is 14.6 Å². The number of carbonyl (C=O) groups is 2. The third kappa shape index (κ3) is 4.48. The van der Waals surface area contributed by atoms with Gasteiger partial charge in [0.1, 0.15) is 5.82 Å². The zero-order valence-electron chi connectivity index (χ0n) is 10.0. The van der Waals surface area contributed by atoms with Crippen LogP contribution in [-0.4, -0.2) is 28.5 Å². The van der Waals surface area contributed by atoms with E-state index >= 15 is 0 Å². The summed E-state index contributed by atoms with van der Waals surface area (Å²) in [6.45, 7) is 2.10. The fourth-order valence-corrected chi connectivity index (χ4v) is 1.48. The van der Waals surface area contributed by atoms with Gasteiger partial charge in [0.25, 0.3) is 5.91 Å². The van der Waals surface area contributed by atoms with Crippen LogP contribution in [0, 0.1) is 11.7 Å². The average molecular weight is 254 g/mol. The van der Waals surface area contributed by atoms with Crippen molar-refractivity contribution in [3.05, 3.63) is 29.8 Å². The Kier molecular flexibility index (Phi) is 5.23. The number of rotatable bonds is 6. The third-order valence-corrected chi connectivity index (χ3v) is 2.56. The number of halogens is 1. The molecule has 6 heteroatoms. The van der Waals surface area contributed by atoms with Crippen LogP contribution in [0.4, 0.5) is 4.39 Å². The number of nitrogens with one attached hydrogen (secondary N) is 1. The lowest BCUT2D eigenvalue weighted by Gasteiger charge is -2.13. The van der Waals surface area contributed by atoms with Gasteiger partial charge in [0, 0.05) is 19.2 Å². The fraction of sp³-hybridized carbons (Fsp3) is 0.417. The quantitative estimate of drug-likeness (QED) is 0.805. The van der Waals surface area contributed by atoms with E-state index in [1.807, 2.05) is 6.92 Å². The normalized spacial score (nSPS) is 11.9. The van der Waals surface area contributed by atoms with Crippen LogP contribution in [0.15, 0.2) is 18.5 Å². The third-order valence-electron chi connectivity index (χ3n) is 2.56. The summed E-state index contributed by atoms with van der Waals surface area (Å²) in [6, 6.07) is 1.08. The standard InChI is InChI=1S/C12H15FN2O3/c1-2-8(3-11(16)17)5-15-12(18)9-4-10(13)7-14-6-9/h4,6-8H,2-3,5H2,1H3,(H,15,18)(H,16,17). The predicted molar refractivity (Wildman–Crippen MR) is 62.6 cm³/mol. The molecule has 1 atom stereocenters. The van der Waals surface area contributed by atoms with Crippen molar-refractivity contribution in [3.63, 3.8) is 0 Å². The molecule has 1 unspecified atom stereocenters. The number of aromatic nitrogens is 1. The number of carboxylic acids is 1. The monoisotopic (exact) mass is 254 g/mol. The van der Waals surface area contributed by atoms with Crippen LogP contribution in [0.5, 0.6) is 0 Å². The second-order valence-corrected chi connectivity index (χ2v) is 3.97. The van der Waals surface area contributed by atoms with Gasteiger partial charge in [0.15, 0.2) is 0 Å². The summed E-state index contributed by atoms with van der Waals surface area (Å²) in [7, 11) is 0. The summed E-state index contributed by atoms with van der Waals surface area (Å²) in [5.74, 6) is -2.07. The number of aliphatic carboxylic acids is 1. The smallest absolute Gasteiger partial charge is 0.303 e. The molecule has 18 heavy (non-hydrogen) atoms. The lowest BCUT2D eigenvalue weighted by molar-refractivity contribution is -0.138. The van der Waals surface area contributed by atoms with E-state index in [1.54, 1.807) is 0 Å². The maximum absolute atomic E-state index is 12.8. The Morgan fingerprint density at radius 3 is 2.78 bits per heavy atom. The molecule has 1 aromatic heterocycles. The van der Waals surface area contributed by atoms with Gasteiger partial charge in [-0.15, -0.1) is 0 Å². The molecule has 0 saturated heterocycles. The van der Waals surface area contributed by atoms with Crippen molar-refractivity contribution < 1.29 is 19.1 Å². The Bertz CT molecular complexity index is 437. The molecule has 1 rings (SSSR count). The first-order valence-corrected chi connectivity index (χ1v) is 5.63. The molecular weight excluding hydrogens is 239 g/mol. The van der Waals surface area contributed by atoms with E-state index in [1.165, 1.54) is 6.20 Å². The topological polar surface area (TPSA) is 79.3 Å². The minimum Gasteiger partial charge on any atom is -0.481 e. The molecule has 0 spiro atoms. The van der Waals surface area contributed by atoms with Gasteiger partial charge in [-0.1, -0.05) is 13.3 Å². The minimum absolute atomic E-state index is 0.00180. The second-order valence-electron chi connectivity index (χ2n) is 3.97. The first kappa shape index (κ1) is 14.1. The molecule has 1 aromatic rings. The van der Waals surface area contributed by atoms with E-state index in [0.29, 0.717) is 6.42 Å². The number of carboxylic acid groups (broad SMARTS) is 1. The van der Waals surface area contributed by atoms with Crippen molar-refractivity contribution in [2.45, 2.75) is 19.8 Å². The molecule has 1 amide bonds. The van der Waals surface area contributed by atoms with Gasteiger partial charge >= 0.3 is 5.97 Å². The summed E-state index contributed by atoms with van der Waals surface area (Å²) in [6.07, 6.45) is 2.92. The molecule has 2 N–H and O–H groups in total. The zero-order chi connectivity index (χ0) is 13.5. The highest BCUT2D eigenvalue weighted by molar-refractivity contribution is 5.93. The van der Waals surface area contributed by atoms with Crippen molar-refractivity contribution >= 4 is 11.9 Å². The van der Waals surface area contributed by atoms with E-state index in [-0.39, 0.29) is 24.4 Å². The van der Waals surface area contributed by atoms with Crippen LogP contribution in [0.25, 0.3) is 0 Å². The molecule has 0 radical (unpaired) electrons. The zero-order valence-corrected chi connectivity index (χ0v) is 10.0. The SMILES string of the molecule is CCC(CNC(=O)c1cncc(F)c1)CC(=O)O. The van der Waals surface area contributed by atoms with Crippen LogP contribution in [0.3, 0.4) is 0 Å². The van der Waals surface area contributed by atoms with Crippen LogP contribution >= 0.6 is 0 Å². The molecule has 98 valence electrons. The van der Waals surface area contributed by atoms with E-state index in [4.69, 9.17) is 5.11 Å². The molecule has 0 aliphatic rings. The molecule has 1 heterocycles. The first-order valence-electron chi connectivity index (χ1n) is 5.63. The lowest BCUT2D eigenvalue weighted by Crippen LogP contribution is -2.30. The Morgan fingerprint density at radius 2 is 2.22 bits per heavy atom. The molecule has 0 aromatic carbocycles. The van der Waals surface area contributed by atoms with Crippen molar-refractivity contribution in [2.75, 3.05) is 6.54 Å². The van der Waals surface area contributed by atoms with Gasteiger partial charge in [-0.05, 0) is 12.0 Å². The summed E-state index contributed by atoms with van der Waals surface area (Å²) >= 11 is 0. The van der Waals surface area contributed by atoms with Crippen molar-refractivity contribution in [1.29, 1.82) is 0 Å². The van der Waals surface area contributed by atoms with Gasteiger partial charge in [0.2, 0.25) is 0 Å². The van der Waals surface area contributed by atoms with Crippen molar-refractivity contribution in [2.24, 2.45) is 5.92 Å². The second kappa shape index (κ2) is 6.68. The summed E-state index contributed by atoms with van der Waals surface area (Å²) in [5.41, 5.74) is 0.125. The van der Waals surface area contributed by atoms with E-state index in [2.05, 4.69) is 10.3 Å². The van der Waals surface area contributed by atoms with Crippen LogP contribution < -0.4 is 5.32 Å². The fourth-order valence-electron chi connectivity index (χ4n) is 1.48. The maximum atomic E-state index is 12.8. The van der Waals surface area contributed by atoms with Gasteiger partial charge in [-0.2, -0.15) is 0 Å². The van der Waals surface area contributed by atoms with Gasteiger partial charge in [-0.25, -0.2) is 4.39 Å². The number of hydrogen-bond acceptors (Lipinski definition) is 3. The summed E-state index contributed by atoms with van der Waals surface area (Å²) < 4.78 is 12.8. The molecule has 0 saturated carbocycles. The van der Waals surface area contributed by atoms with E-state index < -0.39 is 17.7 Å². The Labute approximate surface area is 104 Å². The Morgan fingerprint density at radius 1 is 1.50 bits per heavy atom. The molecule has 5 nitrogen and oxygen atoms in total. The molecule has 0 aliphatic heterocycles. The van der Waals surface area contributed by atoms with Gasteiger partial charge in [0.05, 0.1) is 11.8 Å². The Hall–Kier alpha value is -1.98. The van der Waals surface area contributed by atoms with E-state index in [9.17, 15) is 14.0 Å². The number of amides is 1. The number of nitrogens with zero attached hydrogens (tertiary/aromatic N) is 1. The molecular formula is C12H15FN2O3. The highest BCUT2D eigenvalue weighted by Gasteiger charge is 2.13. The number of hydrogen-bond donors (Lipinski definition) is 2. The largest absolute Gasteiger partial charge is 0.481 e. The maximum Gasteiger partial charge on any atom is 0.303 e. The minimum atomic E-state index is -0.900. The van der Waals surface area contributed by atoms with Crippen LogP contribution in [0.1, 0.15) is 30.1 Å². The Balaban J connectivity index is 2.52. The summed E-state index contributed by atoms with van der Waals surface area (Å²) in [5, 5.41) is 11.2. The predicted octanol–water partition coefficient (Wildman–Crippen LogP) is 1.45. The first-order chi connectivity index (χ1) is 8.52. The number of carbonyl (C=O) groups excluding carboxylic acids is 1. The van der Waals surface area contributed by atoms with E-state index in [0.717, 1.165) is 12.3 Å². The molecule has 0 bridgehead atoms. The highest BCUT2D eigenvalue weighted by Crippen LogP contribution is 2.07. The van der Waals surface area contributed by atoms with Gasteiger partial charge < -0.3 is 10.4 Å². The lowest BCUT2D eigenvalue weighted by atomic mass is 10.0. The highest BCUT2D eigenvalue weighted by atomic mass is 19.1. The van der Waals surface area contributed by atoms with Crippen LogP contribution in [0.2, 0.25) is 0 Å². The molecule has 0 fully saturated rings. The summed E-state index contributed by atoms with van der Waals surface area (Å²) in [4.78, 5) is 25.8. The van der Waals surface area contributed by atoms with Crippen molar-refractivity contribution in [1.82, 2.24) is 10.3 Å². The molecule has 0 aliphatic carbocycles. The average Bonchev–Trinajstić information content (AvgIpc) is 2.33. The number of pyridine rings is 1.